The van der Waals surface area contributed by atoms with Gasteiger partial charge in [0.1, 0.15) is 0 Å². The molecule has 2 unspecified atom stereocenters. The molecule has 0 saturated heterocycles. The molecule has 178 valence electrons. The van der Waals surface area contributed by atoms with Crippen molar-refractivity contribution >= 4 is 0 Å². The lowest BCUT2D eigenvalue weighted by Crippen LogP contribution is -2.10. The van der Waals surface area contributed by atoms with Crippen LogP contribution in [0, 0.1) is 27.7 Å². The van der Waals surface area contributed by atoms with Crippen molar-refractivity contribution in [3.63, 3.8) is 0 Å². The molecule has 0 amide bonds. The van der Waals surface area contributed by atoms with E-state index in [1.165, 1.54) is 55.6 Å². The van der Waals surface area contributed by atoms with E-state index >= 15 is 0 Å². The van der Waals surface area contributed by atoms with Crippen LogP contribution in [0.15, 0.2) is 121 Å². The Kier molecular flexibility index (Phi) is 6.87. The second kappa shape index (κ2) is 10.4. The maximum absolute atomic E-state index is 2.44. The van der Waals surface area contributed by atoms with Crippen LogP contribution in [0.3, 0.4) is 0 Å². The molecule has 2 atom stereocenters. The Hall–Kier alpha value is -3.90. The van der Waals surface area contributed by atoms with Crippen LogP contribution in [-0.2, 0) is 0 Å². The Morgan fingerprint density at radius 3 is 1.00 bits per heavy atom. The molecule has 36 heavy (non-hydrogen) atoms. The molecule has 5 rings (SSSR count). The number of hydrogen-bond donors (Lipinski definition) is 0. The van der Waals surface area contributed by atoms with E-state index in [4.69, 9.17) is 0 Å². The van der Waals surface area contributed by atoms with Crippen LogP contribution in [0.5, 0.6) is 0 Å². The standard InChI is InChI=1S/C36H34/c1-25-15-19-31(20-16-25)35(29-11-7-5-8-12-29)33-23-28(4)34(24-27(33)3)36(30-13-9-6-10-14-30)32-21-17-26(2)18-22-32/h5-24,35-36H,1-4H3. The average molecular weight is 467 g/mol. The van der Waals surface area contributed by atoms with Crippen molar-refractivity contribution < 1.29 is 0 Å². The zero-order valence-electron chi connectivity index (χ0n) is 21.7. The van der Waals surface area contributed by atoms with Gasteiger partial charge >= 0.3 is 0 Å². The predicted molar refractivity (Wildman–Crippen MR) is 153 cm³/mol. The number of aryl methyl sites for hydroxylation is 4. The first-order chi connectivity index (χ1) is 17.5. The summed E-state index contributed by atoms with van der Waals surface area (Å²) in [5.74, 6) is 0.406. The van der Waals surface area contributed by atoms with Crippen molar-refractivity contribution in [2.75, 3.05) is 0 Å². The lowest BCUT2D eigenvalue weighted by molar-refractivity contribution is 0.924. The van der Waals surface area contributed by atoms with Crippen LogP contribution in [0.25, 0.3) is 0 Å². The van der Waals surface area contributed by atoms with Gasteiger partial charge in [0.15, 0.2) is 0 Å². The molecule has 5 aromatic carbocycles. The Labute approximate surface area is 216 Å². The topological polar surface area (TPSA) is 0 Å². The van der Waals surface area contributed by atoms with E-state index in [0.717, 1.165) is 0 Å². The summed E-state index contributed by atoms with van der Waals surface area (Å²) < 4.78 is 0. The second-order valence-corrected chi connectivity index (χ2v) is 10.1. The van der Waals surface area contributed by atoms with E-state index < -0.39 is 0 Å². The Morgan fingerprint density at radius 2 is 0.667 bits per heavy atom. The molecule has 0 radical (unpaired) electrons. The maximum Gasteiger partial charge on any atom is 0.0342 e. The van der Waals surface area contributed by atoms with Crippen molar-refractivity contribution in [3.8, 4) is 0 Å². The highest BCUT2D eigenvalue weighted by Crippen LogP contribution is 2.39. The summed E-state index contributed by atoms with van der Waals surface area (Å²) in [7, 11) is 0. The van der Waals surface area contributed by atoms with Crippen LogP contribution < -0.4 is 0 Å². The van der Waals surface area contributed by atoms with E-state index in [0.29, 0.717) is 0 Å². The fourth-order valence-electron chi connectivity index (χ4n) is 5.39. The zero-order valence-corrected chi connectivity index (χ0v) is 21.7. The smallest absolute Gasteiger partial charge is 0.0342 e. The predicted octanol–water partition coefficient (Wildman–Crippen LogP) is 9.28. The van der Waals surface area contributed by atoms with E-state index in [9.17, 15) is 0 Å². The molecule has 0 heteroatoms. The van der Waals surface area contributed by atoms with Crippen LogP contribution in [0.4, 0.5) is 0 Å². The average Bonchev–Trinajstić information content (AvgIpc) is 2.90. The molecule has 0 aliphatic rings. The van der Waals surface area contributed by atoms with E-state index in [1.54, 1.807) is 0 Å². The summed E-state index contributed by atoms with van der Waals surface area (Å²) in [4.78, 5) is 0. The maximum atomic E-state index is 2.44. The number of hydrogen-bond acceptors (Lipinski definition) is 0. The summed E-state index contributed by atoms with van der Waals surface area (Å²) in [6.07, 6.45) is 0. The van der Waals surface area contributed by atoms with Gasteiger partial charge in [0.05, 0.1) is 0 Å². The molecule has 0 saturated carbocycles. The molecule has 5 aromatic rings. The van der Waals surface area contributed by atoms with E-state index in [-0.39, 0.29) is 11.8 Å². The Balaban J connectivity index is 1.67. The Bertz CT molecular complexity index is 1310. The van der Waals surface area contributed by atoms with E-state index in [2.05, 4.69) is 149 Å². The minimum absolute atomic E-state index is 0.203. The van der Waals surface area contributed by atoms with Crippen LogP contribution in [0.1, 0.15) is 67.5 Å². The SMILES string of the molecule is Cc1ccc(C(c2ccccc2)c2cc(C)c(C(c3ccccc3)c3ccc(C)cc3)cc2C)cc1. The highest BCUT2D eigenvalue weighted by molar-refractivity contribution is 5.53. The van der Waals surface area contributed by atoms with Crippen molar-refractivity contribution in [2.24, 2.45) is 0 Å². The van der Waals surface area contributed by atoms with Gasteiger partial charge in [0.2, 0.25) is 0 Å². The summed E-state index contributed by atoms with van der Waals surface area (Å²) in [6.45, 7) is 8.86. The third-order valence-electron chi connectivity index (χ3n) is 7.36. The fraction of sp³-hybridized carbons (Fsp3) is 0.167. The van der Waals surface area contributed by atoms with Gasteiger partial charge in [-0.25, -0.2) is 0 Å². The highest BCUT2D eigenvalue weighted by atomic mass is 14.3. The quantitative estimate of drug-likeness (QED) is 0.219. The third-order valence-corrected chi connectivity index (χ3v) is 7.36. The van der Waals surface area contributed by atoms with Crippen molar-refractivity contribution in [1.82, 2.24) is 0 Å². The zero-order chi connectivity index (χ0) is 25.1. The van der Waals surface area contributed by atoms with Crippen LogP contribution in [0.2, 0.25) is 0 Å². The van der Waals surface area contributed by atoms with Gasteiger partial charge in [-0.1, -0.05) is 132 Å². The molecule has 0 fully saturated rings. The molecule has 0 aliphatic carbocycles. The molecule has 0 bridgehead atoms. The molecule has 0 N–H and O–H groups in total. The summed E-state index contributed by atoms with van der Waals surface area (Å²) >= 11 is 0. The van der Waals surface area contributed by atoms with Crippen molar-refractivity contribution in [3.05, 3.63) is 177 Å². The summed E-state index contributed by atoms with van der Waals surface area (Å²) in [6, 6.07) is 44.7. The van der Waals surface area contributed by atoms with Gasteiger partial charge in [-0.05, 0) is 72.2 Å². The van der Waals surface area contributed by atoms with Crippen molar-refractivity contribution in [2.45, 2.75) is 39.5 Å². The molecule has 0 aliphatic heterocycles. The normalized spacial score (nSPS) is 12.8. The Morgan fingerprint density at radius 1 is 0.361 bits per heavy atom. The largest absolute Gasteiger partial charge is 0.0622 e. The van der Waals surface area contributed by atoms with Gasteiger partial charge in [-0.15, -0.1) is 0 Å². The van der Waals surface area contributed by atoms with Crippen LogP contribution in [-0.4, -0.2) is 0 Å². The van der Waals surface area contributed by atoms with Gasteiger partial charge in [0, 0.05) is 11.8 Å². The number of benzene rings is 5. The molecule has 0 nitrogen and oxygen atoms in total. The minimum Gasteiger partial charge on any atom is -0.0622 e. The van der Waals surface area contributed by atoms with Crippen LogP contribution >= 0.6 is 0 Å². The first kappa shape index (κ1) is 23.8. The molecular weight excluding hydrogens is 432 g/mol. The summed E-state index contributed by atoms with van der Waals surface area (Å²) in [5, 5.41) is 0. The number of rotatable bonds is 6. The second-order valence-electron chi connectivity index (χ2n) is 10.1. The molecule has 0 spiro atoms. The third kappa shape index (κ3) is 4.90. The summed E-state index contributed by atoms with van der Waals surface area (Å²) in [5.41, 5.74) is 13.3. The monoisotopic (exact) mass is 466 g/mol. The van der Waals surface area contributed by atoms with Gasteiger partial charge in [0.25, 0.3) is 0 Å². The van der Waals surface area contributed by atoms with E-state index in [1.807, 2.05) is 0 Å². The molecule has 0 aromatic heterocycles. The lowest BCUT2D eigenvalue weighted by Gasteiger charge is -2.26. The van der Waals surface area contributed by atoms with Gasteiger partial charge in [-0.3, -0.25) is 0 Å². The molecular formula is C36H34. The highest BCUT2D eigenvalue weighted by Gasteiger charge is 2.23. The van der Waals surface area contributed by atoms with Crippen molar-refractivity contribution in [1.29, 1.82) is 0 Å². The lowest BCUT2D eigenvalue weighted by atomic mass is 9.78. The molecule has 0 heterocycles. The van der Waals surface area contributed by atoms with Gasteiger partial charge in [-0.2, -0.15) is 0 Å². The minimum atomic E-state index is 0.203. The first-order valence-electron chi connectivity index (χ1n) is 12.9. The first-order valence-corrected chi connectivity index (χ1v) is 12.9. The fourth-order valence-corrected chi connectivity index (χ4v) is 5.39. The van der Waals surface area contributed by atoms with Gasteiger partial charge < -0.3 is 0 Å².